The summed E-state index contributed by atoms with van der Waals surface area (Å²) in [6.07, 6.45) is 3.53. The van der Waals surface area contributed by atoms with E-state index >= 15 is 0 Å². The van der Waals surface area contributed by atoms with E-state index < -0.39 is 0 Å². The number of likely N-dealkylation sites (N-methyl/N-ethyl adjacent to an activating group) is 1. The molecule has 0 radical (unpaired) electrons. The summed E-state index contributed by atoms with van der Waals surface area (Å²) in [6.45, 7) is 3.97. The van der Waals surface area contributed by atoms with Crippen LogP contribution in [0.4, 0.5) is 5.69 Å². The van der Waals surface area contributed by atoms with Crippen molar-refractivity contribution in [3.8, 4) is 11.8 Å². The lowest BCUT2D eigenvalue weighted by molar-refractivity contribution is -0.134. The topological polar surface area (TPSA) is 124 Å². The second-order valence-electron chi connectivity index (χ2n) is 10.6. The Morgan fingerprint density at radius 2 is 1.95 bits per heavy atom. The highest BCUT2D eigenvalue weighted by Crippen LogP contribution is 2.32. The van der Waals surface area contributed by atoms with Crippen molar-refractivity contribution >= 4 is 23.4 Å². The molecule has 2 N–H and O–H groups in total. The van der Waals surface area contributed by atoms with Crippen molar-refractivity contribution in [2.75, 3.05) is 45.2 Å². The van der Waals surface area contributed by atoms with Crippen molar-refractivity contribution < 1.29 is 23.9 Å². The fourth-order valence-electron chi connectivity index (χ4n) is 5.68. The molecule has 0 aromatic heterocycles. The van der Waals surface area contributed by atoms with Gasteiger partial charge in [0.2, 0.25) is 5.91 Å². The van der Waals surface area contributed by atoms with Gasteiger partial charge < -0.3 is 29.9 Å². The zero-order chi connectivity index (χ0) is 28.1. The molecule has 0 unspecified atom stereocenters. The standard InChI is InChI=1S/C30H35N5O5/c1-34-25-9-8-23(17-28(36)32-11-14-35-12-2-3-13-35)40-27(25)19-39-26-10-7-22(16-24(26)30(34)38)33-29(37)21-6-4-5-20(15-21)18-31/h4-7,10,15-16,23,25,27H,2-3,8-9,11-14,17,19H2,1H3,(H,32,36)(H,33,37)/t23-,25+,27-/m1/s1. The Labute approximate surface area is 234 Å². The number of fused-ring (bicyclic) bond motifs is 2. The first-order valence-corrected chi connectivity index (χ1v) is 13.9. The normalized spacial score (nSPS) is 22.6. The molecule has 0 spiro atoms. The SMILES string of the molecule is CN1C(=O)c2cc(NC(=O)c3cccc(C#N)c3)ccc2OC[C@H]2O[C@@H](CC(=O)NCCN3CCCC3)CC[C@@H]21. The molecule has 2 aromatic carbocycles. The van der Waals surface area contributed by atoms with Gasteiger partial charge in [-0.1, -0.05) is 6.07 Å². The first kappa shape index (κ1) is 27.6. The number of amides is 3. The molecular formula is C30H35N5O5. The Morgan fingerprint density at radius 3 is 2.75 bits per heavy atom. The van der Waals surface area contributed by atoms with Crippen LogP contribution in [0.2, 0.25) is 0 Å². The van der Waals surface area contributed by atoms with E-state index in [4.69, 9.17) is 14.7 Å². The molecule has 5 rings (SSSR count). The molecule has 210 valence electrons. The van der Waals surface area contributed by atoms with Crippen LogP contribution in [0.5, 0.6) is 5.75 Å². The number of nitrogens with zero attached hydrogens (tertiary/aromatic N) is 3. The predicted octanol–water partition coefficient (Wildman–Crippen LogP) is 2.79. The van der Waals surface area contributed by atoms with Crippen LogP contribution < -0.4 is 15.4 Å². The van der Waals surface area contributed by atoms with Crippen LogP contribution in [0.25, 0.3) is 0 Å². The number of carbonyl (C=O) groups excluding carboxylic acids is 3. The highest BCUT2D eigenvalue weighted by atomic mass is 16.5. The molecule has 3 heterocycles. The van der Waals surface area contributed by atoms with Crippen molar-refractivity contribution in [1.82, 2.24) is 15.1 Å². The van der Waals surface area contributed by atoms with Crippen molar-refractivity contribution in [3.05, 3.63) is 59.2 Å². The fraction of sp³-hybridized carbons (Fsp3) is 0.467. The highest BCUT2D eigenvalue weighted by molar-refractivity contribution is 6.05. The largest absolute Gasteiger partial charge is 0.490 e. The predicted molar refractivity (Wildman–Crippen MR) is 148 cm³/mol. The number of anilines is 1. The lowest BCUT2D eigenvalue weighted by Gasteiger charge is -2.42. The average molecular weight is 546 g/mol. The zero-order valence-corrected chi connectivity index (χ0v) is 22.7. The Balaban J connectivity index is 1.20. The van der Waals surface area contributed by atoms with E-state index in [1.54, 1.807) is 48.3 Å². The molecule has 2 saturated heterocycles. The van der Waals surface area contributed by atoms with Gasteiger partial charge in [0.05, 0.1) is 35.8 Å². The average Bonchev–Trinajstić information content (AvgIpc) is 3.49. The van der Waals surface area contributed by atoms with E-state index in [2.05, 4.69) is 15.5 Å². The van der Waals surface area contributed by atoms with Crippen LogP contribution in [0.1, 0.15) is 58.4 Å². The molecule has 10 heteroatoms. The van der Waals surface area contributed by atoms with Gasteiger partial charge in [-0.3, -0.25) is 14.4 Å². The van der Waals surface area contributed by atoms with Gasteiger partial charge in [-0.25, -0.2) is 0 Å². The molecule has 10 nitrogen and oxygen atoms in total. The third-order valence-corrected chi connectivity index (χ3v) is 7.89. The van der Waals surface area contributed by atoms with E-state index in [1.165, 1.54) is 18.9 Å². The Hall–Kier alpha value is -3.94. The number of nitriles is 1. The maximum atomic E-state index is 13.5. The summed E-state index contributed by atoms with van der Waals surface area (Å²) in [6, 6.07) is 13.2. The third-order valence-electron chi connectivity index (χ3n) is 7.89. The number of rotatable bonds is 7. The van der Waals surface area contributed by atoms with Crippen LogP contribution in [0.3, 0.4) is 0 Å². The van der Waals surface area contributed by atoms with E-state index in [0.717, 1.165) is 19.6 Å². The van der Waals surface area contributed by atoms with Crippen molar-refractivity contribution in [2.24, 2.45) is 0 Å². The van der Waals surface area contributed by atoms with Crippen LogP contribution in [-0.2, 0) is 9.53 Å². The lowest BCUT2D eigenvalue weighted by Crippen LogP contribution is -2.54. The smallest absolute Gasteiger partial charge is 0.257 e. The minimum absolute atomic E-state index is 0.0156. The summed E-state index contributed by atoms with van der Waals surface area (Å²) < 4.78 is 12.3. The number of benzene rings is 2. The molecule has 3 aliphatic rings. The maximum Gasteiger partial charge on any atom is 0.257 e. The van der Waals surface area contributed by atoms with Crippen LogP contribution in [-0.4, -0.2) is 85.6 Å². The fourth-order valence-corrected chi connectivity index (χ4v) is 5.68. The van der Waals surface area contributed by atoms with Crippen LogP contribution in [0, 0.1) is 11.3 Å². The summed E-state index contributed by atoms with van der Waals surface area (Å²) in [5.74, 6) is -0.214. The summed E-state index contributed by atoms with van der Waals surface area (Å²) in [5.41, 5.74) is 1.54. The zero-order valence-electron chi connectivity index (χ0n) is 22.7. The van der Waals surface area contributed by atoms with Crippen LogP contribution in [0.15, 0.2) is 42.5 Å². The van der Waals surface area contributed by atoms with Gasteiger partial charge in [0.15, 0.2) is 0 Å². The second kappa shape index (κ2) is 12.5. The van der Waals surface area contributed by atoms with E-state index in [9.17, 15) is 14.4 Å². The number of likely N-dealkylation sites (tertiary alicyclic amines) is 1. The van der Waals surface area contributed by atoms with Gasteiger partial charge in [0, 0.05) is 31.4 Å². The number of nitrogens with one attached hydrogen (secondary N) is 2. The van der Waals surface area contributed by atoms with E-state index in [-0.39, 0.29) is 49.0 Å². The molecular weight excluding hydrogens is 510 g/mol. The number of hydrogen-bond donors (Lipinski definition) is 2. The molecule has 3 atom stereocenters. The van der Waals surface area contributed by atoms with Gasteiger partial charge in [-0.05, 0) is 75.2 Å². The number of carbonyl (C=O) groups is 3. The molecule has 0 aliphatic carbocycles. The van der Waals surface area contributed by atoms with Gasteiger partial charge in [-0.2, -0.15) is 5.26 Å². The van der Waals surface area contributed by atoms with Gasteiger partial charge in [-0.15, -0.1) is 0 Å². The Bertz CT molecular complexity index is 1300. The minimum Gasteiger partial charge on any atom is -0.490 e. The van der Waals surface area contributed by atoms with Gasteiger partial charge in [0.25, 0.3) is 11.8 Å². The Morgan fingerprint density at radius 1 is 1.12 bits per heavy atom. The first-order chi connectivity index (χ1) is 19.4. The second-order valence-corrected chi connectivity index (χ2v) is 10.6. The molecule has 2 aromatic rings. The molecule has 2 fully saturated rings. The van der Waals surface area contributed by atoms with Gasteiger partial charge >= 0.3 is 0 Å². The minimum atomic E-state index is -0.378. The summed E-state index contributed by atoms with van der Waals surface area (Å²) in [7, 11) is 1.75. The van der Waals surface area contributed by atoms with Crippen molar-refractivity contribution in [1.29, 1.82) is 5.26 Å². The highest BCUT2D eigenvalue weighted by Gasteiger charge is 2.39. The quantitative estimate of drug-likeness (QED) is 0.548. The summed E-state index contributed by atoms with van der Waals surface area (Å²) >= 11 is 0. The van der Waals surface area contributed by atoms with Crippen molar-refractivity contribution in [3.63, 3.8) is 0 Å². The summed E-state index contributed by atoms with van der Waals surface area (Å²) in [5, 5.41) is 14.9. The molecule has 0 saturated carbocycles. The maximum absolute atomic E-state index is 13.5. The first-order valence-electron chi connectivity index (χ1n) is 13.9. The third kappa shape index (κ3) is 6.43. The summed E-state index contributed by atoms with van der Waals surface area (Å²) in [4.78, 5) is 42.8. The molecule has 3 aliphatic heterocycles. The Kier molecular flexibility index (Phi) is 8.63. The monoisotopic (exact) mass is 545 g/mol. The van der Waals surface area contributed by atoms with E-state index in [0.29, 0.717) is 47.5 Å². The van der Waals surface area contributed by atoms with Gasteiger partial charge in [0.1, 0.15) is 18.5 Å². The lowest BCUT2D eigenvalue weighted by atomic mass is 9.94. The molecule has 0 bridgehead atoms. The number of hydrogen-bond acceptors (Lipinski definition) is 7. The molecule has 3 amide bonds. The molecule has 40 heavy (non-hydrogen) atoms. The van der Waals surface area contributed by atoms with Crippen LogP contribution >= 0.6 is 0 Å². The number of ether oxygens (including phenoxy) is 2. The van der Waals surface area contributed by atoms with Crippen molar-refractivity contribution in [2.45, 2.75) is 50.4 Å². The van der Waals surface area contributed by atoms with E-state index in [1.807, 2.05) is 6.07 Å².